The molecule has 1 aliphatic heterocycles. The number of aryl methyl sites for hydroxylation is 1. The van der Waals surface area contributed by atoms with Gasteiger partial charge in [-0.05, 0) is 74.2 Å². The fourth-order valence-corrected chi connectivity index (χ4v) is 3.65. The van der Waals surface area contributed by atoms with Crippen molar-refractivity contribution in [3.05, 3.63) is 41.8 Å². The summed E-state index contributed by atoms with van der Waals surface area (Å²) in [5.74, 6) is 0.259. The van der Waals surface area contributed by atoms with Crippen LogP contribution < -0.4 is 5.32 Å². The van der Waals surface area contributed by atoms with E-state index in [1.165, 1.54) is 24.0 Å². The van der Waals surface area contributed by atoms with E-state index in [1.54, 1.807) is 5.56 Å². The second-order valence-corrected chi connectivity index (χ2v) is 5.38. The van der Waals surface area contributed by atoms with E-state index in [0.29, 0.717) is 5.41 Å². The van der Waals surface area contributed by atoms with Gasteiger partial charge < -0.3 is 5.32 Å². The highest BCUT2D eigenvalue weighted by Gasteiger charge is 2.43. The molecule has 1 nitrogen and oxygen atoms in total. The van der Waals surface area contributed by atoms with Gasteiger partial charge in [0.25, 0.3) is 0 Å². The van der Waals surface area contributed by atoms with Gasteiger partial charge in [0, 0.05) is 0 Å². The fraction of sp³-hybridized carbons (Fsp3) is 0.533. The summed E-state index contributed by atoms with van der Waals surface area (Å²) in [6.07, 6.45) is 3.64. The Morgan fingerprint density at radius 1 is 1.31 bits per heavy atom. The third kappa shape index (κ3) is 1.34. The first kappa shape index (κ1) is 10.3. The van der Waals surface area contributed by atoms with Gasteiger partial charge >= 0.3 is 0 Å². The van der Waals surface area contributed by atoms with Gasteiger partial charge in [-0.3, -0.25) is 0 Å². The van der Waals surface area contributed by atoms with Crippen molar-refractivity contribution in [2.45, 2.75) is 37.5 Å². The van der Waals surface area contributed by atoms with E-state index in [0.717, 1.165) is 19.5 Å². The van der Waals surface area contributed by atoms with Gasteiger partial charge in [0.05, 0.1) is 0 Å². The maximum atomic E-state index is 6.33. The number of fused-ring (bicyclic) bond motifs is 2. The van der Waals surface area contributed by atoms with Gasteiger partial charge in [-0.2, -0.15) is 0 Å². The lowest BCUT2D eigenvalue weighted by atomic mass is 9.74. The fourth-order valence-electron chi connectivity index (χ4n) is 3.65. The van der Waals surface area contributed by atoms with E-state index < -0.39 is 0 Å². The lowest BCUT2D eigenvalue weighted by molar-refractivity contribution is 0.300. The molecule has 1 fully saturated rings. The molecule has 1 spiro atoms. The highest BCUT2D eigenvalue weighted by molar-refractivity contribution is 5.47. The molecular formula is C15H19N. The van der Waals surface area contributed by atoms with Crippen LogP contribution in [-0.2, 0) is 5.41 Å². The molecule has 1 heteroatoms. The van der Waals surface area contributed by atoms with Gasteiger partial charge in [-0.25, -0.2) is 0 Å². The summed E-state index contributed by atoms with van der Waals surface area (Å²) in [7, 11) is 0. The van der Waals surface area contributed by atoms with Gasteiger partial charge in [-0.15, -0.1) is 0 Å². The largest absolute Gasteiger partial charge is 0.317 e. The van der Waals surface area contributed by atoms with Crippen LogP contribution in [0.15, 0.2) is 18.2 Å². The number of hydrogen-bond donors (Lipinski definition) is 1. The lowest BCUT2D eigenvalue weighted by Gasteiger charge is -2.35. The third-order valence-electron chi connectivity index (χ3n) is 4.44. The topological polar surface area (TPSA) is 12.0 Å². The Hall–Kier alpha value is -0.820. The third-order valence-corrected chi connectivity index (χ3v) is 4.44. The Balaban J connectivity index is 2.11. The molecule has 0 aromatic heterocycles. The number of nitrogens with one attached hydrogen (secondary N) is 1. The van der Waals surface area contributed by atoms with Crippen LogP contribution in [-0.4, -0.2) is 13.1 Å². The Kier molecular flexibility index (Phi) is 2.32. The molecule has 1 aromatic carbocycles. The van der Waals surface area contributed by atoms with Gasteiger partial charge in [0.15, 0.2) is 0 Å². The Morgan fingerprint density at radius 3 is 2.81 bits per heavy atom. The Bertz CT molecular complexity index is 402. The predicted octanol–water partition coefficient (Wildman–Crippen LogP) is 2.81. The summed E-state index contributed by atoms with van der Waals surface area (Å²) in [6, 6.07) is 6.69. The molecule has 3 rings (SSSR count). The SMILES string of the molecule is [CH]C1CC2(CCNCC2)c2cccc(C)c21. The van der Waals surface area contributed by atoms with E-state index >= 15 is 0 Å². The molecule has 1 aromatic rings. The van der Waals surface area contributed by atoms with E-state index in [4.69, 9.17) is 6.92 Å². The van der Waals surface area contributed by atoms with Gasteiger partial charge in [-0.1, -0.05) is 18.2 Å². The Morgan fingerprint density at radius 2 is 2.06 bits per heavy atom. The molecule has 2 aliphatic rings. The van der Waals surface area contributed by atoms with Crippen molar-refractivity contribution >= 4 is 0 Å². The van der Waals surface area contributed by atoms with Crippen LogP contribution >= 0.6 is 0 Å². The highest BCUT2D eigenvalue weighted by Crippen LogP contribution is 2.51. The van der Waals surface area contributed by atoms with Crippen LogP contribution in [0.2, 0.25) is 0 Å². The Labute approximate surface area is 98.3 Å². The van der Waals surface area contributed by atoms with Crippen molar-refractivity contribution in [1.82, 2.24) is 5.32 Å². The maximum absolute atomic E-state index is 6.33. The molecule has 0 amide bonds. The standard InChI is InChI=1S/C15H19N/c1-11-4-3-5-13-14(11)12(2)10-15(13)6-8-16-9-7-15/h2-5,12,16H,6-10H2,1H3. The molecule has 1 unspecified atom stereocenters. The molecule has 1 atom stereocenters. The van der Waals surface area contributed by atoms with E-state index in [1.807, 2.05) is 0 Å². The van der Waals surface area contributed by atoms with Crippen molar-refractivity contribution in [3.8, 4) is 0 Å². The summed E-state index contributed by atoms with van der Waals surface area (Å²) in [5, 5.41) is 3.46. The van der Waals surface area contributed by atoms with E-state index in [2.05, 4.69) is 30.4 Å². The molecular weight excluding hydrogens is 194 g/mol. The molecule has 2 radical (unpaired) electrons. The van der Waals surface area contributed by atoms with Crippen LogP contribution in [0.3, 0.4) is 0 Å². The second-order valence-electron chi connectivity index (χ2n) is 5.38. The minimum Gasteiger partial charge on any atom is -0.317 e. The molecule has 0 bridgehead atoms. The maximum Gasteiger partial charge on any atom is -0.00140 e. The minimum absolute atomic E-state index is 0.259. The first-order valence-corrected chi connectivity index (χ1v) is 6.29. The van der Waals surface area contributed by atoms with E-state index in [-0.39, 0.29) is 5.92 Å². The zero-order chi connectivity index (χ0) is 11.2. The van der Waals surface area contributed by atoms with Gasteiger partial charge in [0.2, 0.25) is 0 Å². The summed E-state index contributed by atoms with van der Waals surface area (Å²) < 4.78 is 0. The predicted molar refractivity (Wildman–Crippen MR) is 66.6 cm³/mol. The number of rotatable bonds is 0. The van der Waals surface area contributed by atoms with Crippen LogP contribution in [0.5, 0.6) is 0 Å². The highest BCUT2D eigenvalue weighted by atomic mass is 14.9. The number of benzene rings is 1. The number of piperidine rings is 1. The molecule has 1 heterocycles. The van der Waals surface area contributed by atoms with Crippen LogP contribution in [0.1, 0.15) is 41.9 Å². The lowest BCUT2D eigenvalue weighted by Crippen LogP contribution is -2.38. The zero-order valence-electron chi connectivity index (χ0n) is 9.92. The molecule has 16 heavy (non-hydrogen) atoms. The quantitative estimate of drug-likeness (QED) is 0.699. The summed E-state index contributed by atoms with van der Waals surface area (Å²) in [4.78, 5) is 0. The first-order chi connectivity index (χ1) is 7.73. The zero-order valence-corrected chi connectivity index (χ0v) is 9.92. The van der Waals surface area contributed by atoms with Crippen molar-refractivity contribution in [3.63, 3.8) is 0 Å². The van der Waals surface area contributed by atoms with Crippen LogP contribution in [0.4, 0.5) is 0 Å². The van der Waals surface area contributed by atoms with Crippen LogP contribution in [0.25, 0.3) is 0 Å². The molecule has 1 N–H and O–H groups in total. The van der Waals surface area contributed by atoms with Crippen molar-refractivity contribution < 1.29 is 0 Å². The van der Waals surface area contributed by atoms with E-state index in [9.17, 15) is 0 Å². The minimum atomic E-state index is 0.259. The summed E-state index contributed by atoms with van der Waals surface area (Å²) in [5.41, 5.74) is 4.73. The van der Waals surface area contributed by atoms with Gasteiger partial charge in [0.1, 0.15) is 0 Å². The first-order valence-electron chi connectivity index (χ1n) is 6.29. The normalized spacial score (nSPS) is 27.0. The monoisotopic (exact) mass is 213 g/mol. The van der Waals surface area contributed by atoms with Crippen LogP contribution in [0, 0.1) is 13.8 Å². The molecule has 0 saturated carbocycles. The van der Waals surface area contributed by atoms with Crippen molar-refractivity contribution in [2.24, 2.45) is 0 Å². The van der Waals surface area contributed by atoms with Crippen molar-refractivity contribution in [1.29, 1.82) is 0 Å². The molecule has 84 valence electrons. The molecule has 1 saturated heterocycles. The number of hydrogen-bond acceptors (Lipinski definition) is 1. The molecule has 1 aliphatic carbocycles. The van der Waals surface area contributed by atoms with Crippen molar-refractivity contribution in [2.75, 3.05) is 13.1 Å². The summed E-state index contributed by atoms with van der Waals surface area (Å²) >= 11 is 0. The second kappa shape index (κ2) is 3.59. The smallest absolute Gasteiger partial charge is 0.00140 e. The average Bonchev–Trinajstić information content (AvgIpc) is 2.55. The summed E-state index contributed by atoms with van der Waals surface area (Å²) in [6.45, 7) is 10.8. The average molecular weight is 213 g/mol.